The number of allylic oxidation sites excluding steroid dienone is 1. The smallest absolute Gasteiger partial charge is 0.255 e. The number of carbonyl (C=O) groups excluding carboxylic acids is 2. The van der Waals surface area contributed by atoms with Crippen LogP contribution in [0.5, 0.6) is 0 Å². The molecule has 3 aromatic rings. The Morgan fingerprint density at radius 1 is 0.974 bits per heavy atom. The zero-order chi connectivity index (χ0) is 27.4. The van der Waals surface area contributed by atoms with E-state index in [0.29, 0.717) is 11.3 Å². The fourth-order valence-corrected chi connectivity index (χ4v) is 5.94. The SMILES string of the molecule is CC1=C(C(=O)Nc2ccc(C)cc2C)[C@@H](c2ccc(NC(=O)/C=C/c3ccccc3)cc2)N2CCCSC2=N1. The summed E-state index contributed by atoms with van der Waals surface area (Å²) in [7, 11) is 0. The van der Waals surface area contributed by atoms with E-state index < -0.39 is 0 Å². The minimum Gasteiger partial charge on any atom is -0.340 e. The molecule has 2 aliphatic heterocycles. The first-order chi connectivity index (χ1) is 18.9. The third-order valence-electron chi connectivity index (χ3n) is 6.85. The number of amidine groups is 1. The second-order valence-corrected chi connectivity index (χ2v) is 10.9. The number of nitrogens with one attached hydrogen (secondary N) is 2. The number of anilines is 2. The molecule has 5 rings (SSSR count). The van der Waals surface area contributed by atoms with Gasteiger partial charge in [0.25, 0.3) is 5.91 Å². The number of aryl methyl sites for hydroxylation is 2. The van der Waals surface area contributed by atoms with Crippen LogP contribution < -0.4 is 10.6 Å². The summed E-state index contributed by atoms with van der Waals surface area (Å²) < 4.78 is 0. The van der Waals surface area contributed by atoms with Gasteiger partial charge in [-0.25, -0.2) is 4.99 Å². The van der Waals surface area contributed by atoms with Crippen molar-refractivity contribution < 1.29 is 9.59 Å². The van der Waals surface area contributed by atoms with Crippen molar-refractivity contribution in [1.29, 1.82) is 0 Å². The normalized spacial score (nSPS) is 17.1. The average molecular weight is 537 g/mol. The van der Waals surface area contributed by atoms with E-state index in [-0.39, 0.29) is 17.9 Å². The van der Waals surface area contributed by atoms with E-state index in [1.807, 2.05) is 87.5 Å². The summed E-state index contributed by atoms with van der Waals surface area (Å²) in [6.07, 6.45) is 4.33. The lowest BCUT2D eigenvalue weighted by atomic mass is 9.93. The fourth-order valence-electron chi connectivity index (χ4n) is 4.92. The number of hydrogen-bond donors (Lipinski definition) is 2. The molecule has 2 N–H and O–H groups in total. The quantitative estimate of drug-likeness (QED) is 0.343. The molecule has 1 atom stereocenters. The highest BCUT2D eigenvalue weighted by Gasteiger charge is 2.37. The molecule has 0 aliphatic carbocycles. The molecular weight excluding hydrogens is 504 g/mol. The molecule has 0 saturated carbocycles. The Bertz CT molecular complexity index is 1480. The van der Waals surface area contributed by atoms with Crippen LogP contribution in [0.25, 0.3) is 6.08 Å². The molecule has 1 saturated heterocycles. The van der Waals surface area contributed by atoms with E-state index in [0.717, 1.165) is 57.5 Å². The van der Waals surface area contributed by atoms with E-state index in [9.17, 15) is 9.59 Å². The van der Waals surface area contributed by atoms with E-state index >= 15 is 0 Å². The number of aliphatic imine (C=N–C) groups is 1. The van der Waals surface area contributed by atoms with Gasteiger partial charge in [0, 0.05) is 29.7 Å². The van der Waals surface area contributed by atoms with Crippen molar-refractivity contribution >= 4 is 46.2 Å². The molecule has 6 nitrogen and oxygen atoms in total. The lowest BCUT2D eigenvalue weighted by Crippen LogP contribution is -2.43. The van der Waals surface area contributed by atoms with Gasteiger partial charge in [0.15, 0.2) is 5.17 Å². The largest absolute Gasteiger partial charge is 0.340 e. The minimum absolute atomic E-state index is 0.147. The first kappa shape index (κ1) is 26.5. The zero-order valence-corrected chi connectivity index (χ0v) is 23.2. The number of rotatable bonds is 6. The Morgan fingerprint density at radius 3 is 2.49 bits per heavy atom. The van der Waals surface area contributed by atoms with Crippen molar-refractivity contribution in [2.75, 3.05) is 22.9 Å². The monoisotopic (exact) mass is 536 g/mol. The predicted octanol–water partition coefficient (Wildman–Crippen LogP) is 6.72. The highest BCUT2D eigenvalue weighted by atomic mass is 32.2. The van der Waals surface area contributed by atoms with Crippen LogP contribution in [-0.2, 0) is 9.59 Å². The average Bonchev–Trinajstić information content (AvgIpc) is 2.93. The lowest BCUT2D eigenvalue weighted by molar-refractivity contribution is -0.113. The minimum atomic E-state index is -0.265. The van der Waals surface area contributed by atoms with E-state index in [2.05, 4.69) is 21.6 Å². The van der Waals surface area contributed by atoms with Crippen molar-refractivity contribution in [3.05, 3.63) is 112 Å². The van der Waals surface area contributed by atoms with Crippen molar-refractivity contribution in [1.82, 2.24) is 4.90 Å². The number of amides is 2. The lowest BCUT2D eigenvalue weighted by Gasteiger charge is -2.41. The van der Waals surface area contributed by atoms with Gasteiger partial charge in [0.1, 0.15) is 0 Å². The molecule has 39 heavy (non-hydrogen) atoms. The van der Waals surface area contributed by atoms with Crippen LogP contribution in [0.3, 0.4) is 0 Å². The van der Waals surface area contributed by atoms with Gasteiger partial charge in [-0.05, 0) is 68.2 Å². The van der Waals surface area contributed by atoms with Gasteiger partial charge >= 0.3 is 0 Å². The van der Waals surface area contributed by atoms with Gasteiger partial charge < -0.3 is 15.5 Å². The molecule has 3 aromatic carbocycles. The van der Waals surface area contributed by atoms with Crippen LogP contribution in [-0.4, -0.2) is 34.2 Å². The van der Waals surface area contributed by atoms with Gasteiger partial charge in [-0.15, -0.1) is 0 Å². The number of nitrogens with zero attached hydrogens (tertiary/aromatic N) is 2. The molecule has 2 heterocycles. The Labute approximate surface area is 233 Å². The van der Waals surface area contributed by atoms with Gasteiger partial charge in [0.05, 0.1) is 17.3 Å². The highest BCUT2D eigenvalue weighted by Crippen LogP contribution is 2.40. The van der Waals surface area contributed by atoms with Crippen molar-refractivity contribution in [2.45, 2.75) is 33.2 Å². The number of hydrogen-bond acceptors (Lipinski definition) is 5. The molecule has 0 aromatic heterocycles. The summed E-state index contributed by atoms with van der Waals surface area (Å²) in [5, 5.41) is 7.01. The van der Waals surface area contributed by atoms with Gasteiger partial charge in [0.2, 0.25) is 5.91 Å². The molecular formula is C32H32N4O2S. The second-order valence-electron chi connectivity index (χ2n) is 9.82. The van der Waals surface area contributed by atoms with Gasteiger partial charge in [-0.1, -0.05) is 71.9 Å². The molecule has 0 radical (unpaired) electrons. The molecule has 0 unspecified atom stereocenters. The third kappa shape index (κ3) is 6.15. The number of thioether (sulfide) groups is 1. The Kier molecular flexibility index (Phi) is 7.98. The van der Waals surface area contributed by atoms with E-state index in [1.165, 1.54) is 6.08 Å². The number of carbonyl (C=O) groups is 2. The highest BCUT2D eigenvalue weighted by molar-refractivity contribution is 8.13. The van der Waals surface area contributed by atoms with E-state index in [4.69, 9.17) is 4.99 Å². The number of benzene rings is 3. The van der Waals surface area contributed by atoms with Crippen LogP contribution in [0, 0.1) is 13.8 Å². The molecule has 2 aliphatic rings. The van der Waals surface area contributed by atoms with Gasteiger partial charge in [-0.3, -0.25) is 9.59 Å². The molecule has 0 bridgehead atoms. The molecule has 2 amide bonds. The maximum Gasteiger partial charge on any atom is 0.255 e. The summed E-state index contributed by atoms with van der Waals surface area (Å²) in [6, 6.07) is 23.2. The zero-order valence-electron chi connectivity index (χ0n) is 22.4. The summed E-state index contributed by atoms with van der Waals surface area (Å²) in [6.45, 7) is 6.78. The van der Waals surface area contributed by atoms with E-state index in [1.54, 1.807) is 17.8 Å². The standard InChI is InChI=1S/C32H32N4O2S/c1-21-10-16-27(22(2)20-21)35-31(38)29-23(3)33-32-36(18-7-19-39-32)30(29)25-12-14-26(15-13-25)34-28(37)17-11-24-8-5-4-6-9-24/h4-6,8-17,20,30H,7,18-19H2,1-3H3,(H,34,37)(H,35,38)/b17-11+/t30-/m1/s1. The first-order valence-electron chi connectivity index (χ1n) is 13.1. The van der Waals surface area contributed by atoms with Crippen molar-refractivity contribution in [3.63, 3.8) is 0 Å². The van der Waals surface area contributed by atoms with Crippen LogP contribution in [0.1, 0.15) is 41.6 Å². The topological polar surface area (TPSA) is 73.8 Å². The number of fused-ring (bicyclic) bond motifs is 1. The molecule has 1 fully saturated rings. The van der Waals surface area contributed by atoms with Crippen LogP contribution in [0.2, 0.25) is 0 Å². The summed E-state index contributed by atoms with van der Waals surface area (Å²) in [5.41, 5.74) is 6.98. The summed E-state index contributed by atoms with van der Waals surface area (Å²) >= 11 is 1.73. The summed E-state index contributed by atoms with van der Waals surface area (Å²) in [5.74, 6) is 0.669. The molecule has 198 valence electrons. The van der Waals surface area contributed by atoms with Crippen molar-refractivity contribution in [3.8, 4) is 0 Å². The predicted molar refractivity (Wildman–Crippen MR) is 162 cm³/mol. The fraction of sp³-hybridized carbons (Fsp3) is 0.219. The Hall–Kier alpha value is -4.10. The molecule has 0 spiro atoms. The second kappa shape index (κ2) is 11.7. The van der Waals surface area contributed by atoms with Gasteiger partial charge in [-0.2, -0.15) is 0 Å². The third-order valence-corrected chi connectivity index (χ3v) is 7.93. The summed E-state index contributed by atoms with van der Waals surface area (Å²) in [4.78, 5) is 33.3. The van der Waals surface area contributed by atoms with Crippen LogP contribution >= 0.6 is 11.8 Å². The Balaban J connectivity index is 1.39. The van der Waals surface area contributed by atoms with Crippen LogP contribution in [0.15, 0.2) is 95.1 Å². The maximum atomic E-state index is 13.7. The maximum absolute atomic E-state index is 13.7. The first-order valence-corrected chi connectivity index (χ1v) is 14.1. The Morgan fingerprint density at radius 2 is 1.74 bits per heavy atom. The molecule has 7 heteroatoms. The van der Waals surface area contributed by atoms with Crippen molar-refractivity contribution in [2.24, 2.45) is 4.99 Å². The van der Waals surface area contributed by atoms with Crippen LogP contribution in [0.4, 0.5) is 11.4 Å².